The molecule has 1 saturated heterocycles. The number of nitro benzene ring substituents is 1. The van der Waals surface area contributed by atoms with Gasteiger partial charge in [0.15, 0.2) is 0 Å². The van der Waals surface area contributed by atoms with Crippen LogP contribution in [0.1, 0.15) is 56.0 Å². The van der Waals surface area contributed by atoms with Gasteiger partial charge in [-0.1, -0.05) is 66.2 Å². The van der Waals surface area contributed by atoms with Crippen molar-refractivity contribution in [1.29, 1.82) is 0 Å². The number of nitrogens with one attached hydrogen (secondary N) is 3. The van der Waals surface area contributed by atoms with Gasteiger partial charge in [-0.2, -0.15) is 0 Å². The Labute approximate surface area is 378 Å². The quantitative estimate of drug-likeness (QED) is 0.0332. The average Bonchev–Trinajstić information content (AvgIpc) is 3.26. The number of carbonyl (C=O) groups is 2. The second kappa shape index (κ2) is 21.7. The van der Waals surface area contributed by atoms with Crippen LogP contribution in [0, 0.1) is 10.1 Å². The Morgan fingerprint density at radius 3 is 2.24 bits per heavy atom. The minimum Gasteiger partial charge on any atom is -0.444 e. The van der Waals surface area contributed by atoms with E-state index in [4.69, 9.17) is 16.3 Å². The van der Waals surface area contributed by atoms with Crippen LogP contribution in [0.5, 0.6) is 0 Å². The van der Waals surface area contributed by atoms with Crippen LogP contribution in [-0.4, -0.2) is 80.4 Å². The van der Waals surface area contributed by atoms with Gasteiger partial charge in [0.2, 0.25) is 0 Å². The van der Waals surface area contributed by atoms with Crippen molar-refractivity contribution in [3.05, 3.63) is 148 Å². The van der Waals surface area contributed by atoms with Gasteiger partial charge in [-0.05, 0) is 117 Å². The van der Waals surface area contributed by atoms with E-state index in [2.05, 4.69) is 43.4 Å². The maximum atomic E-state index is 13.5. The van der Waals surface area contributed by atoms with Crippen LogP contribution in [0.2, 0.25) is 5.02 Å². The van der Waals surface area contributed by atoms with Crippen LogP contribution in [0.15, 0.2) is 131 Å². The number of rotatable bonds is 18. The molecule has 5 aromatic rings. The minimum absolute atomic E-state index is 0.132. The maximum absolute atomic E-state index is 13.5. The molecule has 1 heterocycles. The first kappa shape index (κ1) is 46.9. The summed E-state index contributed by atoms with van der Waals surface area (Å²) in [5.74, 6) is -0.290. The molecule has 1 atom stereocenters. The predicted octanol–water partition coefficient (Wildman–Crippen LogP) is 9.62. The summed E-state index contributed by atoms with van der Waals surface area (Å²) in [5.41, 5.74) is 3.66. The van der Waals surface area contributed by atoms with E-state index in [1.165, 1.54) is 23.3 Å². The van der Waals surface area contributed by atoms with Gasteiger partial charge in [0.25, 0.3) is 21.6 Å². The van der Waals surface area contributed by atoms with Crippen LogP contribution in [0.4, 0.5) is 21.9 Å². The molecule has 0 aromatic heterocycles. The number of anilines is 2. The van der Waals surface area contributed by atoms with Crippen LogP contribution in [-0.2, 0) is 21.3 Å². The third-order valence-corrected chi connectivity index (χ3v) is 13.1. The minimum atomic E-state index is -4.48. The number of halogens is 1. The van der Waals surface area contributed by atoms with Crippen molar-refractivity contribution >= 4 is 62.4 Å². The number of alkyl carbamates (subject to hydrolysis) is 1. The Morgan fingerprint density at radius 1 is 0.873 bits per heavy atom. The van der Waals surface area contributed by atoms with Gasteiger partial charge in [0.05, 0.1) is 9.82 Å². The Bertz CT molecular complexity index is 2440. The maximum Gasteiger partial charge on any atom is 0.407 e. The largest absolute Gasteiger partial charge is 0.444 e. The van der Waals surface area contributed by atoms with Crippen LogP contribution in [0.3, 0.4) is 0 Å². The van der Waals surface area contributed by atoms with Gasteiger partial charge in [0.1, 0.15) is 11.3 Å². The fraction of sp³-hybridized carbons (Fsp3) is 0.319. The molecule has 1 aliphatic rings. The summed E-state index contributed by atoms with van der Waals surface area (Å²) >= 11 is 7.71. The van der Waals surface area contributed by atoms with Crippen molar-refractivity contribution in [2.75, 3.05) is 48.7 Å². The van der Waals surface area contributed by atoms with E-state index in [-0.39, 0.29) is 17.3 Å². The Balaban J connectivity index is 1.04. The monoisotopic (exact) mass is 912 g/mol. The van der Waals surface area contributed by atoms with Crippen LogP contribution in [0.25, 0.3) is 11.1 Å². The standard InChI is InChI=1S/C47H53ClN6O7S2/c1-47(2,3)61-46(56)49-26-10-9-12-38(33-62-40-13-5-4-6-14-40)50-43-25-24-41(31-44(43)54(57)58)63(59,60)51-45(55)35-18-22-39(23-19-35)53-29-27-52(28-30-53)32-36-11-7-8-15-42(36)34-16-20-37(48)21-17-34/h4-8,11,13-25,31,38,50H,9-10,12,26-30,32-33H2,1-3H3,(H,49,56)(H,51,55). The molecule has 1 fully saturated rings. The molecule has 16 heteroatoms. The van der Waals surface area contributed by atoms with Crippen molar-refractivity contribution in [3.63, 3.8) is 0 Å². The first-order chi connectivity index (χ1) is 30.1. The molecule has 2 amide bonds. The summed E-state index contributed by atoms with van der Waals surface area (Å²) in [6.07, 6.45) is 1.45. The second-order valence-corrected chi connectivity index (χ2v) is 19.4. The molecule has 332 valence electrons. The van der Waals surface area contributed by atoms with E-state index in [9.17, 15) is 28.1 Å². The van der Waals surface area contributed by atoms with Crippen molar-refractivity contribution in [3.8, 4) is 11.1 Å². The molecule has 0 radical (unpaired) electrons. The highest BCUT2D eigenvalue weighted by molar-refractivity contribution is 7.99. The molecule has 0 aliphatic carbocycles. The number of benzene rings is 5. The van der Waals surface area contributed by atoms with Gasteiger partial charge in [-0.15, -0.1) is 11.8 Å². The number of hydrogen-bond donors (Lipinski definition) is 3. The summed E-state index contributed by atoms with van der Waals surface area (Å²) in [4.78, 5) is 42.2. The molecular weight excluding hydrogens is 860 g/mol. The molecule has 1 aliphatic heterocycles. The molecule has 1 unspecified atom stereocenters. The summed E-state index contributed by atoms with van der Waals surface area (Å²) < 4.78 is 34.3. The van der Waals surface area contributed by atoms with Gasteiger partial charge in [-0.25, -0.2) is 17.9 Å². The first-order valence-electron chi connectivity index (χ1n) is 20.8. The molecule has 3 N–H and O–H groups in total. The molecule has 0 spiro atoms. The zero-order valence-corrected chi connectivity index (χ0v) is 38.0. The Kier molecular flexibility index (Phi) is 16.1. The van der Waals surface area contributed by atoms with Crippen LogP contribution >= 0.6 is 23.4 Å². The van der Waals surface area contributed by atoms with Gasteiger partial charge < -0.3 is 20.3 Å². The number of nitro groups is 1. The van der Waals surface area contributed by atoms with Gasteiger partial charge in [0, 0.05) is 78.3 Å². The van der Waals surface area contributed by atoms with Crippen molar-refractivity contribution in [2.45, 2.75) is 68.0 Å². The molecule has 0 saturated carbocycles. The fourth-order valence-electron chi connectivity index (χ4n) is 7.14. The van der Waals surface area contributed by atoms with E-state index in [0.29, 0.717) is 36.6 Å². The first-order valence-corrected chi connectivity index (χ1v) is 23.7. The van der Waals surface area contributed by atoms with Crippen molar-refractivity contribution < 1.29 is 27.7 Å². The lowest BCUT2D eigenvalue weighted by molar-refractivity contribution is -0.384. The zero-order valence-electron chi connectivity index (χ0n) is 35.6. The molecule has 13 nitrogen and oxygen atoms in total. The molecule has 63 heavy (non-hydrogen) atoms. The van der Waals surface area contributed by atoms with E-state index in [1.807, 2.05) is 60.7 Å². The molecule has 6 rings (SSSR count). The number of ether oxygens (including phenoxy) is 1. The summed E-state index contributed by atoms with van der Waals surface area (Å²) in [6, 6.07) is 36.0. The lowest BCUT2D eigenvalue weighted by atomic mass is 9.99. The number of sulfonamides is 1. The number of unbranched alkanes of at least 4 members (excludes halogenated alkanes) is 1. The average molecular weight is 914 g/mol. The topological polar surface area (TPSA) is 163 Å². The highest BCUT2D eigenvalue weighted by atomic mass is 35.5. The smallest absolute Gasteiger partial charge is 0.407 e. The van der Waals surface area contributed by atoms with E-state index in [1.54, 1.807) is 56.8 Å². The van der Waals surface area contributed by atoms with Crippen LogP contribution < -0.4 is 20.3 Å². The van der Waals surface area contributed by atoms with E-state index >= 15 is 0 Å². The number of nitrogens with zero attached hydrogens (tertiary/aromatic N) is 3. The molecular formula is C47H53ClN6O7S2. The highest BCUT2D eigenvalue weighted by Gasteiger charge is 2.26. The van der Waals surface area contributed by atoms with Gasteiger partial charge >= 0.3 is 6.09 Å². The van der Waals surface area contributed by atoms with Crippen molar-refractivity contribution in [2.24, 2.45) is 0 Å². The van der Waals surface area contributed by atoms with E-state index in [0.717, 1.165) is 54.9 Å². The zero-order chi connectivity index (χ0) is 45.0. The number of carbonyl (C=O) groups excluding carboxylic acids is 2. The number of hydrogen-bond acceptors (Lipinski definition) is 11. The second-order valence-electron chi connectivity index (χ2n) is 16.2. The van der Waals surface area contributed by atoms with E-state index < -0.39 is 43.1 Å². The molecule has 5 aromatic carbocycles. The SMILES string of the molecule is CC(C)(C)OC(=O)NCCCCC(CSc1ccccc1)Nc1ccc(S(=O)(=O)NC(=O)c2ccc(N3CCN(Cc4ccccc4-c4ccc(Cl)cc4)CC3)cc2)cc1[N+](=O)[O-]. The predicted molar refractivity (Wildman–Crippen MR) is 251 cm³/mol. The lowest BCUT2D eigenvalue weighted by Crippen LogP contribution is -2.46. The fourth-order valence-corrected chi connectivity index (χ4v) is 9.25. The third kappa shape index (κ3) is 13.9. The Hall–Kier alpha value is -5.61. The van der Waals surface area contributed by atoms with Gasteiger partial charge in [-0.3, -0.25) is 19.8 Å². The number of piperazine rings is 1. The normalized spacial score (nSPS) is 13.8. The summed E-state index contributed by atoms with van der Waals surface area (Å²) in [5, 5.41) is 19.0. The summed E-state index contributed by atoms with van der Waals surface area (Å²) in [6.45, 7) is 9.78. The number of thioether (sulfide) groups is 1. The third-order valence-electron chi connectivity index (χ3n) is 10.3. The summed E-state index contributed by atoms with van der Waals surface area (Å²) in [7, 11) is -4.48. The molecule has 0 bridgehead atoms. The lowest BCUT2D eigenvalue weighted by Gasteiger charge is -2.36. The highest BCUT2D eigenvalue weighted by Crippen LogP contribution is 2.31. The number of amides is 2. The van der Waals surface area contributed by atoms with Crippen molar-refractivity contribution in [1.82, 2.24) is 14.9 Å². The Morgan fingerprint density at radius 2 is 1.56 bits per heavy atom.